The van der Waals surface area contributed by atoms with Gasteiger partial charge in [-0.25, -0.2) is 4.98 Å². The fraction of sp³-hybridized carbons (Fsp3) is 0.438. The highest BCUT2D eigenvalue weighted by Crippen LogP contribution is 2.38. The van der Waals surface area contributed by atoms with Gasteiger partial charge < -0.3 is 29.2 Å². The SMILES string of the molecule is CCc1nccn1CCC(=O)N1CCCNC(=O)[C@H]2CN(C(=O)c3ccc(Cl)cc3)C[C@@H]2c2ccc(OC)c(c2)OCC1. The second kappa shape index (κ2) is 13.9. The van der Waals surface area contributed by atoms with Crippen molar-refractivity contribution < 1.29 is 23.9 Å². The Hall–Kier alpha value is -4.05. The van der Waals surface area contributed by atoms with Gasteiger partial charge in [0.1, 0.15) is 12.4 Å². The molecule has 2 atom stereocenters. The number of amides is 3. The van der Waals surface area contributed by atoms with Gasteiger partial charge in [0.25, 0.3) is 5.91 Å². The fourth-order valence-corrected chi connectivity index (χ4v) is 5.98. The number of benzene rings is 2. The maximum atomic E-state index is 13.5. The summed E-state index contributed by atoms with van der Waals surface area (Å²) in [4.78, 5) is 48.0. The van der Waals surface area contributed by atoms with Crippen LogP contribution in [0.25, 0.3) is 0 Å². The lowest BCUT2D eigenvalue weighted by atomic mass is 9.88. The molecule has 1 fully saturated rings. The molecule has 43 heavy (non-hydrogen) atoms. The van der Waals surface area contributed by atoms with Gasteiger partial charge in [-0.1, -0.05) is 24.6 Å². The number of nitrogens with one attached hydrogen (secondary N) is 1. The molecule has 0 radical (unpaired) electrons. The van der Waals surface area contributed by atoms with E-state index in [1.54, 1.807) is 47.4 Å². The van der Waals surface area contributed by atoms with Crippen molar-refractivity contribution in [2.24, 2.45) is 5.92 Å². The predicted octanol–water partition coefficient (Wildman–Crippen LogP) is 3.78. The first kappa shape index (κ1) is 30.4. The van der Waals surface area contributed by atoms with Crippen LogP contribution in [0.2, 0.25) is 5.02 Å². The van der Waals surface area contributed by atoms with Gasteiger partial charge in [-0.15, -0.1) is 0 Å². The average molecular weight is 608 g/mol. The molecule has 1 saturated heterocycles. The largest absolute Gasteiger partial charge is 0.493 e. The van der Waals surface area contributed by atoms with Crippen molar-refractivity contribution in [2.75, 3.05) is 46.4 Å². The molecule has 2 aromatic carbocycles. The van der Waals surface area contributed by atoms with E-state index in [1.807, 2.05) is 35.9 Å². The van der Waals surface area contributed by atoms with Crippen LogP contribution in [0.5, 0.6) is 11.5 Å². The van der Waals surface area contributed by atoms with Crippen LogP contribution in [-0.2, 0) is 22.6 Å². The molecule has 3 aromatic rings. The van der Waals surface area contributed by atoms with E-state index >= 15 is 0 Å². The van der Waals surface area contributed by atoms with E-state index in [0.717, 1.165) is 17.8 Å². The predicted molar refractivity (Wildman–Crippen MR) is 163 cm³/mol. The lowest BCUT2D eigenvalue weighted by Gasteiger charge is -2.25. The summed E-state index contributed by atoms with van der Waals surface area (Å²) < 4.78 is 13.8. The minimum Gasteiger partial charge on any atom is -0.493 e. The molecule has 0 spiro atoms. The second-order valence-electron chi connectivity index (χ2n) is 10.9. The van der Waals surface area contributed by atoms with Crippen molar-refractivity contribution in [2.45, 2.75) is 38.6 Å². The molecular formula is C32H38ClN5O5. The van der Waals surface area contributed by atoms with Gasteiger partial charge in [0, 0.05) is 74.5 Å². The topological polar surface area (TPSA) is 106 Å². The number of hydrogen-bond acceptors (Lipinski definition) is 6. The Kier molecular flexibility index (Phi) is 9.86. The third kappa shape index (κ3) is 7.13. The van der Waals surface area contributed by atoms with E-state index in [-0.39, 0.29) is 23.6 Å². The highest BCUT2D eigenvalue weighted by molar-refractivity contribution is 6.30. The fourth-order valence-electron chi connectivity index (χ4n) is 5.86. The highest BCUT2D eigenvalue weighted by Gasteiger charge is 2.41. The Bertz CT molecular complexity index is 1440. The van der Waals surface area contributed by atoms with Crippen LogP contribution in [-0.4, -0.2) is 83.5 Å². The first-order chi connectivity index (χ1) is 20.9. The molecule has 0 unspecified atom stereocenters. The molecule has 0 aliphatic carbocycles. The summed E-state index contributed by atoms with van der Waals surface area (Å²) in [5.74, 6) is 1.15. The number of carbonyl (C=O) groups excluding carboxylic acids is 3. The minimum atomic E-state index is -0.443. The number of rotatable bonds is 6. The van der Waals surface area contributed by atoms with Crippen molar-refractivity contribution in [1.29, 1.82) is 0 Å². The number of methoxy groups -OCH3 is 1. The average Bonchev–Trinajstić information content (AvgIpc) is 3.68. The monoisotopic (exact) mass is 607 g/mol. The lowest BCUT2D eigenvalue weighted by Crippen LogP contribution is -2.39. The molecule has 0 saturated carbocycles. The molecule has 1 N–H and O–H groups in total. The van der Waals surface area contributed by atoms with Gasteiger partial charge in [0.2, 0.25) is 11.8 Å². The van der Waals surface area contributed by atoms with Gasteiger partial charge in [-0.2, -0.15) is 0 Å². The van der Waals surface area contributed by atoms with E-state index < -0.39 is 5.92 Å². The number of aromatic nitrogens is 2. The van der Waals surface area contributed by atoms with Crippen LogP contribution >= 0.6 is 11.6 Å². The van der Waals surface area contributed by atoms with Crippen LogP contribution in [0.3, 0.4) is 0 Å². The smallest absolute Gasteiger partial charge is 0.253 e. The summed E-state index contributed by atoms with van der Waals surface area (Å²) in [5.41, 5.74) is 1.41. The molecule has 228 valence electrons. The number of carbonyl (C=O) groups is 3. The van der Waals surface area contributed by atoms with Crippen LogP contribution in [0, 0.1) is 5.92 Å². The number of aryl methyl sites for hydroxylation is 2. The Labute approximate surface area is 256 Å². The normalized spacial score (nSPS) is 19.2. The number of halogens is 1. The standard InChI is InChI=1S/C32H38ClN5O5/c1-3-29-34-13-16-36(29)15-11-30(39)37-14-4-12-35-31(40)26-21-38(32(41)22-5-8-24(33)9-6-22)20-25(26)23-7-10-27(42-2)28(19-23)43-18-17-37/h5-10,13,16,19,25-26H,3-4,11-12,14-15,17-18,20-21H2,1-2H3,(H,35,40)/t25-,26+/m1/s1. The summed E-state index contributed by atoms with van der Waals surface area (Å²) in [7, 11) is 1.58. The van der Waals surface area contributed by atoms with E-state index in [4.69, 9.17) is 21.1 Å². The van der Waals surface area contributed by atoms with Crippen LogP contribution < -0.4 is 14.8 Å². The number of fused-ring (bicyclic) bond motifs is 4. The van der Waals surface area contributed by atoms with Gasteiger partial charge in [-0.3, -0.25) is 14.4 Å². The first-order valence-electron chi connectivity index (χ1n) is 14.8. The second-order valence-corrected chi connectivity index (χ2v) is 11.3. The molecule has 2 bridgehead atoms. The van der Waals surface area contributed by atoms with Crippen LogP contribution in [0.4, 0.5) is 0 Å². The summed E-state index contributed by atoms with van der Waals surface area (Å²) in [5, 5.41) is 3.63. The zero-order chi connectivity index (χ0) is 30.3. The summed E-state index contributed by atoms with van der Waals surface area (Å²) in [6, 6.07) is 12.4. The molecule has 2 aliphatic rings. The third-order valence-corrected chi connectivity index (χ3v) is 8.46. The Morgan fingerprint density at radius 3 is 2.65 bits per heavy atom. The van der Waals surface area contributed by atoms with Crippen molar-refractivity contribution in [3.8, 4) is 11.5 Å². The molecule has 10 nitrogen and oxygen atoms in total. The van der Waals surface area contributed by atoms with Crippen molar-refractivity contribution in [3.05, 3.63) is 76.8 Å². The van der Waals surface area contributed by atoms with E-state index in [9.17, 15) is 14.4 Å². The first-order valence-corrected chi connectivity index (χ1v) is 15.2. The van der Waals surface area contributed by atoms with E-state index in [1.165, 1.54) is 0 Å². The summed E-state index contributed by atoms with van der Waals surface area (Å²) in [6.45, 7) is 4.88. The molecule has 2 aliphatic heterocycles. The number of hydrogen-bond donors (Lipinski definition) is 1. The maximum absolute atomic E-state index is 13.5. The Balaban J connectivity index is 1.33. The van der Waals surface area contributed by atoms with E-state index in [2.05, 4.69) is 10.3 Å². The van der Waals surface area contributed by atoms with Gasteiger partial charge in [-0.05, 0) is 48.4 Å². The number of imidazole rings is 1. The van der Waals surface area contributed by atoms with Crippen LogP contribution in [0.1, 0.15) is 47.4 Å². The lowest BCUT2D eigenvalue weighted by molar-refractivity contribution is -0.131. The number of nitrogens with zero attached hydrogens (tertiary/aromatic N) is 4. The molecule has 1 aromatic heterocycles. The molecule has 11 heteroatoms. The Morgan fingerprint density at radius 2 is 1.88 bits per heavy atom. The van der Waals surface area contributed by atoms with Gasteiger partial charge in [0.15, 0.2) is 11.5 Å². The molecule has 3 amide bonds. The number of ether oxygens (including phenoxy) is 2. The van der Waals surface area contributed by atoms with Crippen LogP contribution in [0.15, 0.2) is 54.9 Å². The highest BCUT2D eigenvalue weighted by atomic mass is 35.5. The van der Waals surface area contributed by atoms with Gasteiger partial charge >= 0.3 is 0 Å². The zero-order valence-corrected chi connectivity index (χ0v) is 25.4. The van der Waals surface area contributed by atoms with E-state index in [0.29, 0.717) is 80.8 Å². The Morgan fingerprint density at radius 1 is 1.09 bits per heavy atom. The zero-order valence-electron chi connectivity index (χ0n) is 24.6. The van der Waals surface area contributed by atoms with Gasteiger partial charge in [0.05, 0.1) is 19.6 Å². The maximum Gasteiger partial charge on any atom is 0.253 e. The molecular weight excluding hydrogens is 570 g/mol. The molecule has 3 heterocycles. The summed E-state index contributed by atoms with van der Waals surface area (Å²) in [6.07, 6.45) is 5.39. The van der Waals surface area contributed by atoms with Crippen molar-refractivity contribution in [1.82, 2.24) is 24.7 Å². The quantitative estimate of drug-likeness (QED) is 0.457. The molecule has 5 rings (SSSR count). The minimum absolute atomic E-state index is 0.0192. The third-order valence-electron chi connectivity index (χ3n) is 8.21. The summed E-state index contributed by atoms with van der Waals surface area (Å²) >= 11 is 6.02. The number of likely N-dealkylation sites (tertiary alicyclic amines) is 1. The van der Waals surface area contributed by atoms with Crippen molar-refractivity contribution >= 4 is 29.3 Å². The van der Waals surface area contributed by atoms with Crippen molar-refractivity contribution in [3.63, 3.8) is 0 Å².